The fourth-order valence-corrected chi connectivity index (χ4v) is 3.99. The summed E-state index contributed by atoms with van der Waals surface area (Å²) in [5, 5.41) is 2.80. The Bertz CT molecular complexity index is 880. The zero-order chi connectivity index (χ0) is 19.7. The van der Waals surface area contributed by atoms with Crippen molar-refractivity contribution in [1.82, 2.24) is 10.2 Å². The largest absolute Gasteiger partial charge is 0.341 e. The standard InChI is InChI=1S/C23H25FN2O2/c1-16(22(28)26-14-12-23(10-11-23)13-15-26)25-21(27)18-8-6-17(7-9-18)19-4-2-3-5-20(19)24/h2-9,16H,10-15H2,1H3,(H,25,27)/t16-/m1/s1. The highest BCUT2D eigenvalue weighted by molar-refractivity contribution is 5.97. The molecule has 1 saturated carbocycles. The molecule has 146 valence electrons. The summed E-state index contributed by atoms with van der Waals surface area (Å²) < 4.78 is 13.9. The third-order valence-electron chi connectivity index (χ3n) is 6.14. The molecular formula is C23H25FN2O2. The van der Waals surface area contributed by atoms with Gasteiger partial charge in [0.05, 0.1) is 0 Å². The van der Waals surface area contributed by atoms with Crippen molar-refractivity contribution in [3.63, 3.8) is 0 Å². The number of carbonyl (C=O) groups excluding carboxylic acids is 2. The number of piperidine rings is 1. The predicted octanol–water partition coefficient (Wildman–Crippen LogP) is 4.01. The van der Waals surface area contributed by atoms with Crippen LogP contribution in [0.15, 0.2) is 48.5 Å². The van der Waals surface area contributed by atoms with Crippen molar-refractivity contribution in [2.75, 3.05) is 13.1 Å². The summed E-state index contributed by atoms with van der Waals surface area (Å²) in [5.74, 6) is -0.614. The molecule has 1 saturated heterocycles. The summed E-state index contributed by atoms with van der Waals surface area (Å²) in [4.78, 5) is 27.0. The first-order valence-electron chi connectivity index (χ1n) is 9.92. The third kappa shape index (κ3) is 3.79. The lowest BCUT2D eigenvalue weighted by Gasteiger charge is -2.33. The van der Waals surface area contributed by atoms with Crippen molar-refractivity contribution in [2.45, 2.75) is 38.6 Å². The van der Waals surface area contributed by atoms with Crippen molar-refractivity contribution in [3.8, 4) is 11.1 Å². The molecule has 28 heavy (non-hydrogen) atoms. The van der Waals surface area contributed by atoms with E-state index in [2.05, 4.69) is 5.32 Å². The molecule has 1 spiro atoms. The van der Waals surface area contributed by atoms with E-state index in [9.17, 15) is 14.0 Å². The van der Waals surface area contributed by atoms with Gasteiger partial charge in [0.2, 0.25) is 5.91 Å². The van der Waals surface area contributed by atoms with Crippen molar-refractivity contribution in [3.05, 3.63) is 59.9 Å². The summed E-state index contributed by atoms with van der Waals surface area (Å²) in [7, 11) is 0. The lowest BCUT2D eigenvalue weighted by atomic mass is 9.93. The zero-order valence-electron chi connectivity index (χ0n) is 16.1. The van der Waals surface area contributed by atoms with Gasteiger partial charge in [-0.25, -0.2) is 4.39 Å². The molecule has 1 heterocycles. The maximum Gasteiger partial charge on any atom is 0.251 e. The molecule has 1 N–H and O–H groups in total. The van der Waals surface area contributed by atoms with Gasteiger partial charge in [0.1, 0.15) is 11.9 Å². The Hall–Kier alpha value is -2.69. The predicted molar refractivity (Wildman–Crippen MR) is 106 cm³/mol. The van der Waals surface area contributed by atoms with Crippen LogP contribution in [0.4, 0.5) is 4.39 Å². The van der Waals surface area contributed by atoms with Crippen LogP contribution in [-0.2, 0) is 4.79 Å². The first kappa shape index (κ1) is 18.7. The Morgan fingerprint density at radius 2 is 1.64 bits per heavy atom. The van der Waals surface area contributed by atoms with Crippen LogP contribution in [0, 0.1) is 11.2 Å². The Kier molecular flexibility index (Phi) is 4.92. The van der Waals surface area contributed by atoms with E-state index in [1.54, 1.807) is 49.4 Å². The highest BCUT2D eigenvalue weighted by Crippen LogP contribution is 2.53. The topological polar surface area (TPSA) is 49.4 Å². The van der Waals surface area contributed by atoms with Gasteiger partial charge in [-0.05, 0) is 61.8 Å². The average molecular weight is 380 g/mol. The number of amides is 2. The number of hydrogen-bond acceptors (Lipinski definition) is 2. The lowest BCUT2D eigenvalue weighted by Crippen LogP contribution is -2.49. The normalized spacial score (nSPS) is 18.6. The molecule has 0 aromatic heterocycles. The molecule has 0 unspecified atom stereocenters. The van der Waals surface area contributed by atoms with Crippen molar-refractivity contribution >= 4 is 11.8 Å². The molecule has 1 aliphatic carbocycles. The maximum absolute atomic E-state index is 13.9. The van der Waals surface area contributed by atoms with Gasteiger partial charge in [-0.2, -0.15) is 0 Å². The molecule has 0 radical (unpaired) electrons. The van der Waals surface area contributed by atoms with E-state index < -0.39 is 6.04 Å². The summed E-state index contributed by atoms with van der Waals surface area (Å²) in [6.07, 6.45) is 4.75. The smallest absolute Gasteiger partial charge is 0.251 e. The number of nitrogens with one attached hydrogen (secondary N) is 1. The number of likely N-dealkylation sites (tertiary alicyclic amines) is 1. The molecule has 2 aromatic carbocycles. The van der Waals surface area contributed by atoms with Crippen LogP contribution in [0.5, 0.6) is 0 Å². The highest BCUT2D eigenvalue weighted by atomic mass is 19.1. The SMILES string of the molecule is C[C@@H](NC(=O)c1ccc(-c2ccccc2F)cc1)C(=O)N1CCC2(CC1)CC2. The molecule has 1 aliphatic heterocycles. The summed E-state index contributed by atoms with van der Waals surface area (Å²) in [6, 6.07) is 12.7. The average Bonchev–Trinajstić information content (AvgIpc) is 3.47. The molecule has 2 amide bonds. The van der Waals surface area contributed by atoms with Crippen molar-refractivity contribution in [2.24, 2.45) is 5.41 Å². The van der Waals surface area contributed by atoms with Gasteiger partial charge in [-0.15, -0.1) is 0 Å². The van der Waals surface area contributed by atoms with Gasteiger partial charge in [-0.3, -0.25) is 9.59 Å². The summed E-state index contributed by atoms with van der Waals surface area (Å²) >= 11 is 0. The summed E-state index contributed by atoms with van der Waals surface area (Å²) in [5.41, 5.74) is 2.18. The zero-order valence-corrected chi connectivity index (χ0v) is 16.1. The van der Waals surface area contributed by atoms with Gasteiger partial charge < -0.3 is 10.2 Å². The highest BCUT2D eigenvalue weighted by Gasteiger charge is 2.45. The van der Waals surface area contributed by atoms with Gasteiger partial charge in [0.25, 0.3) is 5.91 Å². The Morgan fingerprint density at radius 3 is 2.25 bits per heavy atom. The number of carbonyl (C=O) groups is 2. The number of halogens is 1. The first-order chi connectivity index (χ1) is 13.5. The second-order valence-electron chi connectivity index (χ2n) is 8.08. The van der Waals surface area contributed by atoms with Gasteiger partial charge in [-0.1, -0.05) is 30.3 Å². The fraction of sp³-hybridized carbons (Fsp3) is 0.391. The molecule has 5 heteroatoms. The van der Waals surface area contributed by atoms with E-state index in [1.165, 1.54) is 18.9 Å². The van der Waals surface area contributed by atoms with E-state index in [4.69, 9.17) is 0 Å². The van der Waals surface area contributed by atoms with E-state index in [1.807, 2.05) is 4.90 Å². The van der Waals surface area contributed by atoms with Gasteiger partial charge >= 0.3 is 0 Å². The van der Waals surface area contributed by atoms with Crippen LogP contribution < -0.4 is 5.32 Å². The maximum atomic E-state index is 13.9. The molecular weight excluding hydrogens is 355 g/mol. The molecule has 1 atom stereocenters. The minimum Gasteiger partial charge on any atom is -0.341 e. The van der Waals surface area contributed by atoms with Crippen molar-refractivity contribution in [1.29, 1.82) is 0 Å². The monoisotopic (exact) mass is 380 g/mol. The molecule has 4 nitrogen and oxygen atoms in total. The van der Waals surface area contributed by atoms with E-state index in [-0.39, 0.29) is 17.6 Å². The van der Waals surface area contributed by atoms with Crippen molar-refractivity contribution < 1.29 is 14.0 Å². The molecule has 4 rings (SSSR count). The second kappa shape index (κ2) is 7.38. The molecule has 2 fully saturated rings. The van der Waals surface area contributed by atoms with Gasteiger partial charge in [0.15, 0.2) is 0 Å². The number of benzene rings is 2. The van der Waals surface area contributed by atoms with Crippen LogP contribution in [0.1, 0.15) is 43.0 Å². The second-order valence-corrected chi connectivity index (χ2v) is 8.08. The van der Waals surface area contributed by atoms with Crippen LogP contribution in [-0.4, -0.2) is 35.8 Å². The van der Waals surface area contributed by atoms with E-state index in [0.29, 0.717) is 22.1 Å². The first-order valence-corrected chi connectivity index (χ1v) is 9.92. The Morgan fingerprint density at radius 1 is 1.00 bits per heavy atom. The number of rotatable bonds is 4. The number of nitrogens with zero attached hydrogens (tertiary/aromatic N) is 1. The lowest BCUT2D eigenvalue weighted by molar-refractivity contribution is -0.134. The van der Waals surface area contributed by atoms with Crippen LogP contribution >= 0.6 is 0 Å². The van der Waals surface area contributed by atoms with E-state index in [0.717, 1.165) is 25.9 Å². The Balaban J connectivity index is 1.36. The summed E-state index contributed by atoms with van der Waals surface area (Å²) in [6.45, 7) is 3.31. The molecule has 0 bridgehead atoms. The minimum absolute atomic E-state index is 0.0215. The van der Waals surface area contributed by atoms with Crippen LogP contribution in [0.25, 0.3) is 11.1 Å². The van der Waals surface area contributed by atoms with Crippen LogP contribution in [0.2, 0.25) is 0 Å². The quantitative estimate of drug-likeness (QED) is 0.871. The Labute approximate surface area is 164 Å². The molecule has 2 aliphatic rings. The minimum atomic E-state index is -0.563. The third-order valence-corrected chi connectivity index (χ3v) is 6.14. The van der Waals surface area contributed by atoms with Crippen LogP contribution in [0.3, 0.4) is 0 Å². The fourth-order valence-electron chi connectivity index (χ4n) is 3.99. The van der Waals surface area contributed by atoms with E-state index >= 15 is 0 Å². The van der Waals surface area contributed by atoms with Gasteiger partial charge in [0, 0.05) is 24.2 Å². The molecule has 2 aromatic rings. The number of hydrogen-bond donors (Lipinski definition) is 1.